The molecular formula is C14H19N3O2. The van der Waals surface area contributed by atoms with E-state index in [4.69, 9.17) is 4.74 Å². The van der Waals surface area contributed by atoms with Crippen molar-refractivity contribution in [2.24, 2.45) is 0 Å². The van der Waals surface area contributed by atoms with Crippen molar-refractivity contribution in [1.29, 1.82) is 0 Å². The third-order valence-electron chi connectivity index (χ3n) is 3.61. The average molecular weight is 261 g/mol. The molecule has 1 N–H and O–H groups in total. The van der Waals surface area contributed by atoms with Crippen LogP contribution in [0.15, 0.2) is 24.3 Å². The van der Waals surface area contributed by atoms with Gasteiger partial charge in [-0.25, -0.2) is 4.79 Å². The van der Waals surface area contributed by atoms with Gasteiger partial charge in [0.15, 0.2) is 0 Å². The third-order valence-corrected chi connectivity index (χ3v) is 3.61. The Kier molecular flexibility index (Phi) is 3.29. The number of cyclic esters (lactones) is 1. The molecular weight excluding hydrogens is 242 g/mol. The monoisotopic (exact) mass is 261 g/mol. The van der Waals surface area contributed by atoms with Crippen LogP contribution in [0.25, 0.3) is 0 Å². The lowest BCUT2D eigenvalue weighted by Crippen LogP contribution is -2.43. The predicted molar refractivity (Wildman–Crippen MR) is 74.8 cm³/mol. The largest absolute Gasteiger partial charge is 0.444 e. The molecule has 0 bridgehead atoms. The molecule has 2 fully saturated rings. The van der Waals surface area contributed by atoms with Crippen LogP contribution in [0.5, 0.6) is 0 Å². The van der Waals surface area contributed by atoms with Crippen molar-refractivity contribution in [3.8, 4) is 0 Å². The van der Waals surface area contributed by atoms with Gasteiger partial charge in [0.1, 0.15) is 6.10 Å². The smallest absolute Gasteiger partial charge is 0.414 e. The number of carbonyl (C=O) groups is 1. The minimum absolute atomic E-state index is 0.0275. The highest BCUT2D eigenvalue weighted by Gasteiger charge is 2.29. The van der Waals surface area contributed by atoms with Gasteiger partial charge in [0.25, 0.3) is 0 Å². The molecule has 0 aromatic heterocycles. The first-order valence-electron chi connectivity index (χ1n) is 6.78. The van der Waals surface area contributed by atoms with E-state index in [9.17, 15) is 4.79 Å². The zero-order valence-electron chi connectivity index (χ0n) is 11.1. The van der Waals surface area contributed by atoms with E-state index < -0.39 is 0 Å². The number of amides is 1. The quantitative estimate of drug-likeness (QED) is 0.875. The first-order chi connectivity index (χ1) is 9.24. The Bertz CT molecular complexity index is 454. The van der Waals surface area contributed by atoms with Crippen molar-refractivity contribution >= 4 is 17.5 Å². The van der Waals surface area contributed by atoms with Gasteiger partial charge in [-0.15, -0.1) is 0 Å². The van der Waals surface area contributed by atoms with Gasteiger partial charge in [-0.05, 0) is 31.2 Å². The summed E-state index contributed by atoms with van der Waals surface area (Å²) in [5, 5.41) is 3.34. The summed E-state index contributed by atoms with van der Waals surface area (Å²) in [6.07, 6.45) is -0.275. The molecule has 5 nitrogen and oxygen atoms in total. The van der Waals surface area contributed by atoms with Crippen LogP contribution in [0.4, 0.5) is 16.2 Å². The molecule has 2 saturated heterocycles. The van der Waals surface area contributed by atoms with E-state index in [-0.39, 0.29) is 12.2 Å². The van der Waals surface area contributed by atoms with Crippen molar-refractivity contribution in [3.63, 3.8) is 0 Å². The fourth-order valence-corrected chi connectivity index (χ4v) is 2.58. The number of hydrogen-bond acceptors (Lipinski definition) is 4. The number of carbonyl (C=O) groups excluding carboxylic acids is 1. The number of ether oxygens (including phenoxy) is 1. The van der Waals surface area contributed by atoms with Crippen molar-refractivity contribution in [2.75, 3.05) is 42.5 Å². The van der Waals surface area contributed by atoms with Gasteiger partial charge in [-0.3, -0.25) is 4.90 Å². The van der Waals surface area contributed by atoms with Gasteiger partial charge >= 0.3 is 6.09 Å². The molecule has 0 radical (unpaired) electrons. The van der Waals surface area contributed by atoms with Gasteiger partial charge in [0.2, 0.25) is 0 Å². The van der Waals surface area contributed by atoms with E-state index in [1.54, 1.807) is 4.90 Å². The predicted octanol–water partition coefficient (Wildman–Crippen LogP) is 1.44. The molecule has 2 aliphatic rings. The maximum Gasteiger partial charge on any atom is 0.414 e. The van der Waals surface area contributed by atoms with Crippen LogP contribution in [-0.4, -0.2) is 44.9 Å². The number of nitrogens with one attached hydrogen (secondary N) is 1. The molecule has 1 aromatic carbocycles. The molecule has 0 unspecified atom stereocenters. The van der Waals surface area contributed by atoms with Gasteiger partial charge in [0, 0.05) is 37.6 Å². The second-order valence-electron chi connectivity index (χ2n) is 5.06. The number of rotatable bonds is 2. The lowest BCUT2D eigenvalue weighted by atomic mass is 10.2. The summed E-state index contributed by atoms with van der Waals surface area (Å²) in [4.78, 5) is 15.7. The topological polar surface area (TPSA) is 44.8 Å². The molecule has 1 aromatic rings. The first kappa shape index (κ1) is 12.3. The van der Waals surface area contributed by atoms with Crippen LogP contribution in [0.3, 0.4) is 0 Å². The van der Waals surface area contributed by atoms with E-state index >= 15 is 0 Å². The minimum Gasteiger partial charge on any atom is -0.444 e. The zero-order valence-corrected chi connectivity index (χ0v) is 11.1. The second kappa shape index (κ2) is 5.09. The van der Waals surface area contributed by atoms with Crippen LogP contribution < -0.4 is 15.1 Å². The lowest BCUT2D eigenvalue weighted by molar-refractivity contribution is 0.150. The molecule has 3 rings (SSSR count). The highest BCUT2D eigenvalue weighted by molar-refractivity contribution is 5.89. The zero-order chi connectivity index (χ0) is 13.2. The summed E-state index contributed by atoms with van der Waals surface area (Å²) in [6.45, 7) is 6.65. The fraction of sp³-hybridized carbons (Fsp3) is 0.500. The molecule has 0 saturated carbocycles. The Morgan fingerprint density at radius 2 is 1.79 bits per heavy atom. The highest BCUT2D eigenvalue weighted by Crippen LogP contribution is 2.24. The fourth-order valence-electron chi connectivity index (χ4n) is 2.58. The molecule has 2 aliphatic heterocycles. The maximum absolute atomic E-state index is 11.7. The Balaban J connectivity index is 1.73. The summed E-state index contributed by atoms with van der Waals surface area (Å²) in [5.41, 5.74) is 2.12. The summed E-state index contributed by atoms with van der Waals surface area (Å²) < 4.78 is 5.14. The SMILES string of the molecule is C[C@H]1CN(c2ccc(N3CCNCC3)cc2)C(=O)O1. The summed E-state index contributed by atoms with van der Waals surface area (Å²) in [7, 11) is 0. The van der Waals surface area contributed by atoms with Crippen LogP contribution in [0.1, 0.15) is 6.92 Å². The van der Waals surface area contributed by atoms with Gasteiger partial charge in [-0.2, -0.15) is 0 Å². The normalized spacial score (nSPS) is 23.6. The Labute approximate surface area is 113 Å². The highest BCUT2D eigenvalue weighted by atomic mass is 16.6. The van der Waals surface area contributed by atoms with E-state index in [2.05, 4.69) is 22.3 Å². The maximum atomic E-state index is 11.7. The minimum atomic E-state index is -0.248. The van der Waals surface area contributed by atoms with Crippen molar-refractivity contribution in [2.45, 2.75) is 13.0 Å². The number of piperazine rings is 1. The van der Waals surface area contributed by atoms with Crippen LogP contribution in [0.2, 0.25) is 0 Å². The van der Waals surface area contributed by atoms with Crippen LogP contribution >= 0.6 is 0 Å². The van der Waals surface area contributed by atoms with Crippen molar-refractivity contribution < 1.29 is 9.53 Å². The van der Waals surface area contributed by atoms with Gasteiger partial charge in [0.05, 0.1) is 6.54 Å². The molecule has 5 heteroatoms. The molecule has 1 amide bonds. The van der Waals surface area contributed by atoms with Crippen molar-refractivity contribution in [1.82, 2.24) is 5.32 Å². The Morgan fingerprint density at radius 3 is 2.37 bits per heavy atom. The summed E-state index contributed by atoms with van der Waals surface area (Å²) >= 11 is 0. The van der Waals surface area contributed by atoms with Gasteiger partial charge < -0.3 is 15.0 Å². The Hall–Kier alpha value is -1.75. The second-order valence-corrected chi connectivity index (χ2v) is 5.06. The molecule has 102 valence electrons. The molecule has 0 spiro atoms. The summed E-state index contributed by atoms with van der Waals surface area (Å²) in [6, 6.07) is 8.15. The van der Waals surface area contributed by atoms with E-state index in [1.807, 2.05) is 19.1 Å². The number of benzene rings is 1. The number of anilines is 2. The molecule has 19 heavy (non-hydrogen) atoms. The number of hydrogen-bond donors (Lipinski definition) is 1. The standard InChI is InChI=1S/C14H19N3O2/c1-11-10-17(14(18)19-11)13-4-2-12(3-5-13)16-8-6-15-7-9-16/h2-5,11,15H,6-10H2,1H3/t11-/m0/s1. The van der Waals surface area contributed by atoms with Crippen molar-refractivity contribution in [3.05, 3.63) is 24.3 Å². The van der Waals surface area contributed by atoms with Crippen LogP contribution in [-0.2, 0) is 4.74 Å². The molecule has 2 heterocycles. The van der Waals surface area contributed by atoms with Crippen LogP contribution in [0, 0.1) is 0 Å². The molecule has 1 atom stereocenters. The van der Waals surface area contributed by atoms with E-state index in [0.717, 1.165) is 31.9 Å². The Morgan fingerprint density at radius 1 is 1.16 bits per heavy atom. The average Bonchev–Trinajstić information content (AvgIpc) is 2.79. The third kappa shape index (κ3) is 2.51. The van der Waals surface area contributed by atoms with Gasteiger partial charge in [-0.1, -0.05) is 0 Å². The lowest BCUT2D eigenvalue weighted by Gasteiger charge is -2.29. The molecule has 0 aliphatic carbocycles. The van der Waals surface area contributed by atoms with E-state index in [1.165, 1.54) is 5.69 Å². The number of nitrogens with zero attached hydrogens (tertiary/aromatic N) is 2. The van der Waals surface area contributed by atoms with E-state index in [0.29, 0.717) is 6.54 Å². The summed E-state index contributed by atoms with van der Waals surface area (Å²) in [5.74, 6) is 0. The first-order valence-corrected chi connectivity index (χ1v) is 6.78.